The van der Waals surface area contributed by atoms with E-state index in [1.165, 1.54) is 6.08 Å². The lowest BCUT2D eigenvalue weighted by molar-refractivity contribution is -0.139. The Labute approximate surface area is 145 Å². The highest BCUT2D eigenvalue weighted by Gasteiger charge is 2.38. The predicted molar refractivity (Wildman–Crippen MR) is 90.6 cm³/mol. The molecular formula is C19H18N2O4. The van der Waals surface area contributed by atoms with Crippen LogP contribution in [0.5, 0.6) is 0 Å². The summed E-state index contributed by atoms with van der Waals surface area (Å²) < 4.78 is 6.77. The van der Waals surface area contributed by atoms with Crippen molar-refractivity contribution in [2.45, 2.75) is 19.6 Å². The van der Waals surface area contributed by atoms with Crippen LogP contribution in [0.4, 0.5) is 0 Å². The lowest BCUT2D eigenvalue weighted by Gasteiger charge is -2.28. The molecule has 0 saturated carbocycles. The van der Waals surface area contributed by atoms with Crippen molar-refractivity contribution in [2.24, 2.45) is 0 Å². The largest absolute Gasteiger partial charge is 0.463 e. The summed E-state index contributed by atoms with van der Waals surface area (Å²) >= 11 is 0. The fourth-order valence-corrected chi connectivity index (χ4v) is 2.88. The topological polar surface area (TPSA) is 68.6 Å². The van der Waals surface area contributed by atoms with E-state index in [0.717, 1.165) is 11.8 Å². The number of amides is 1. The summed E-state index contributed by atoms with van der Waals surface area (Å²) in [5.74, 6) is -0.795. The molecule has 0 saturated heterocycles. The average Bonchev–Trinajstić information content (AvgIpc) is 3.21. The van der Waals surface area contributed by atoms with Gasteiger partial charge in [0.2, 0.25) is 5.91 Å². The quantitative estimate of drug-likeness (QED) is 0.599. The predicted octanol–water partition coefficient (Wildman–Crippen LogP) is 2.33. The number of ether oxygens (including phenoxy) is 1. The van der Waals surface area contributed by atoms with Crippen LogP contribution in [-0.4, -0.2) is 34.2 Å². The van der Waals surface area contributed by atoms with Crippen LogP contribution in [-0.2, 0) is 20.9 Å². The Hall–Kier alpha value is -3.15. The van der Waals surface area contributed by atoms with E-state index in [0.29, 0.717) is 12.1 Å². The van der Waals surface area contributed by atoms with Gasteiger partial charge < -0.3 is 14.2 Å². The second-order valence-electron chi connectivity index (χ2n) is 5.66. The third kappa shape index (κ3) is 3.38. The first-order valence-corrected chi connectivity index (χ1v) is 8.00. The molecule has 1 amide bonds. The van der Waals surface area contributed by atoms with Crippen LogP contribution >= 0.6 is 0 Å². The summed E-state index contributed by atoms with van der Waals surface area (Å²) in [7, 11) is 0. The van der Waals surface area contributed by atoms with Crippen molar-refractivity contribution in [2.75, 3.05) is 6.61 Å². The van der Waals surface area contributed by atoms with Crippen LogP contribution in [0.1, 0.15) is 29.0 Å². The molecule has 1 aromatic carbocycles. The molecule has 128 valence electrons. The van der Waals surface area contributed by atoms with E-state index in [9.17, 15) is 14.4 Å². The van der Waals surface area contributed by atoms with Crippen molar-refractivity contribution in [1.29, 1.82) is 0 Å². The van der Waals surface area contributed by atoms with E-state index in [-0.39, 0.29) is 18.1 Å². The minimum absolute atomic E-state index is 0.223. The van der Waals surface area contributed by atoms with Gasteiger partial charge in [-0.15, -0.1) is 0 Å². The van der Waals surface area contributed by atoms with Gasteiger partial charge in [-0.05, 0) is 18.6 Å². The summed E-state index contributed by atoms with van der Waals surface area (Å²) in [5.41, 5.74) is 1.68. The monoisotopic (exact) mass is 338 g/mol. The number of esters is 1. The Morgan fingerprint density at radius 2 is 2.00 bits per heavy atom. The highest BCUT2D eigenvalue weighted by atomic mass is 16.5. The van der Waals surface area contributed by atoms with Gasteiger partial charge in [-0.3, -0.25) is 9.59 Å². The van der Waals surface area contributed by atoms with Gasteiger partial charge in [-0.2, -0.15) is 0 Å². The molecule has 6 nitrogen and oxygen atoms in total. The summed E-state index contributed by atoms with van der Waals surface area (Å²) in [6, 6.07) is 11.2. The van der Waals surface area contributed by atoms with E-state index >= 15 is 0 Å². The molecule has 2 heterocycles. The average molecular weight is 338 g/mol. The van der Waals surface area contributed by atoms with Crippen molar-refractivity contribution in [1.82, 2.24) is 9.47 Å². The van der Waals surface area contributed by atoms with Crippen LogP contribution < -0.4 is 0 Å². The molecule has 0 aliphatic carbocycles. The number of rotatable bonds is 6. The molecular weight excluding hydrogens is 320 g/mol. The van der Waals surface area contributed by atoms with Crippen LogP contribution in [0, 0.1) is 0 Å². The van der Waals surface area contributed by atoms with Crippen molar-refractivity contribution in [3.8, 4) is 0 Å². The molecule has 1 unspecified atom stereocenters. The molecule has 2 aromatic rings. The van der Waals surface area contributed by atoms with Gasteiger partial charge in [-0.25, -0.2) is 4.79 Å². The number of hydrogen-bond donors (Lipinski definition) is 0. The molecule has 6 heteroatoms. The summed E-state index contributed by atoms with van der Waals surface area (Å²) in [6.07, 6.45) is 4.69. The zero-order valence-corrected chi connectivity index (χ0v) is 13.8. The standard InChI is InChI=1S/C19H18N2O4/c1-2-25-19(24)16-10-17(23)21(12-14-6-4-3-5-7-14)18(16)20-9-8-15(11-20)13-22/h3-11,13,18H,2,12H2,1H3. The Balaban J connectivity index is 1.96. The van der Waals surface area contributed by atoms with Crippen LogP contribution in [0.3, 0.4) is 0 Å². The number of benzene rings is 1. The van der Waals surface area contributed by atoms with Crippen LogP contribution in [0.2, 0.25) is 0 Å². The third-order valence-electron chi connectivity index (χ3n) is 4.00. The maximum absolute atomic E-state index is 12.5. The Kier molecular flexibility index (Phi) is 4.79. The van der Waals surface area contributed by atoms with Gasteiger partial charge in [0.05, 0.1) is 12.2 Å². The van der Waals surface area contributed by atoms with Crippen molar-refractivity contribution >= 4 is 18.2 Å². The Morgan fingerprint density at radius 1 is 1.24 bits per heavy atom. The van der Waals surface area contributed by atoms with Crippen molar-refractivity contribution in [3.63, 3.8) is 0 Å². The number of carbonyl (C=O) groups is 3. The molecule has 0 fully saturated rings. The number of hydrogen-bond acceptors (Lipinski definition) is 4. The molecule has 0 N–H and O–H groups in total. The summed E-state index contributed by atoms with van der Waals surface area (Å²) in [6.45, 7) is 2.28. The molecule has 1 aromatic heterocycles. The minimum atomic E-state index is -0.638. The fraction of sp³-hybridized carbons (Fsp3) is 0.211. The third-order valence-corrected chi connectivity index (χ3v) is 4.00. The lowest BCUT2D eigenvalue weighted by atomic mass is 10.2. The number of nitrogens with zero attached hydrogens (tertiary/aromatic N) is 2. The molecule has 25 heavy (non-hydrogen) atoms. The second kappa shape index (κ2) is 7.17. The zero-order chi connectivity index (χ0) is 17.8. The van der Waals surface area contributed by atoms with Gasteiger partial charge in [-0.1, -0.05) is 30.3 Å². The molecule has 1 aliphatic heterocycles. The zero-order valence-electron chi connectivity index (χ0n) is 13.8. The van der Waals surface area contributed by atoms with E-state index < -0.39 is 12.1 Å². The first-order valence-electron chi connectivity index (χ1n) is 8.00. The molecule has 1 aliphatic rings. The smallest absolute Gasteiger partial charge is 0.338 e. The van der Waals surface area contributed by atoms with Crippen LogP contribution in [0.25, 0.3) is 0 Å². The van der Waals surface area contributed by atoms with Gasteiger partial charge >= 0.3 is 5.97 Å². The maximum Gasteiger partial charge on any atom is 0.338 e. The van der Waals surface area contributed by atoms with E-state index in [1.54, 1.807) is 34.9 Å². The highest BCUT2D eigenvalue weighted by molar-refractivity contribution is 6.03. The number of aromatic nitrogens is 1. The second-order valence-corrected chi connectivity index (χ2v) is 5.66. The van der Waals surface area contributed by atoms with E-state index in [1.807, 2.05) is 30.3 Å². The van der Waals surface area contributed by atoms with Gasteiger partial charge in [0.25, 0.3) is 0 Å². The minimum Gasteiger partial charge on any atom is -0.463 e. The first kappa shape index (κ1) is 16.7. The summed E-state index contributed by atoms with van der Waals surface area (Å²) in [5, 5.41) is 0. The van der Waals surface area contributed by atoms with Crippen molar-refractivity contribution in [3.05, 3.63) is 71.6 Å². The summed E-state index contributed by atoms with van der Waals surface area (Å²) in [4.78, 5) is 37.4. The lowest BCUT2D eigenvalue weighted by Crippen LogP contribution is -2.33. The molecule has 0 radical (unpaired) electrons. The van der Waals surface area contributed by atoms with Gasteiger partial charge in [0, 0.05) is 30.6 Å². The Bertz CT molecular complexity index is 823. The highest BCUT2D eigenvalue weighted by Crippen LogP contribution is 2.32. The Morgan fingerprint density at radius 3 is 2.64 bits per heavy atom. The molecule has 0 bridgehead atoms. The van der Waals surface area contributed by atoms with Crippen LogP contribution in [0.15, 0.2) is 60.4 Å². The number of aldehydes is 1. The first-order chi connectivity index (χ1) is 12.1. The number of carbonyl (C=O) groups excluding carboxylic acids is 3. The van der Waals surface area contributed by atoms with E-state index in [4.69, 9.17) is 4.74 Å². The molecule has 1 atom stereocenters. The molecule has 3 rings (SSSR count). The van der Waals surface area contributed by atoms with Gasteiger partial charge in [0.1, 0.15) is 6.17 Å². The van der Waals surface area contributed by atoms with Crippen molar-refractivity contribution < 1.29 is 19.1 Å². The normalized spacial score (nSPS) is 16.7. The SMILES string of the molecule is CCOC(=O)C1=CC(=O)N(Cc2ccccc2)C1n1ccc(C=O)c1. The van der Waals surface area contributed by atoms with E-state index in [2.05, 4.69) is 0 Å². The maximum atomic E-state index is 12.5. The fourth-order valence-electron chi connectivity index (χ4n) is 2.88. The van der Waals surface area contributed by atoms with Gasteiger partial charge in [0.15, 0.2) is 6.29 Å². The molecule has 0 spiro atoms.